The Morgan fingerprint density at radius 1 is 0.692 bits per heavy atom. The van der Waals surface area contributed by atoms with Crippen LogP contribution in [0, 0.1) is 0 Å². The number of hydrogen-bond acceptors (Lipinski definition) is 0. The van der Waals surface area contributed by atoms with Gasteiger partial charge in [0.2, 0.25) is 0 Å². The third-order valence-corrected chi connectivity index (χ3v) is 14.2. The van der Waals surface area contributed by atoms with Gasteiger partial charge in [0.1, 0.15) is 0 Å². The van der Waals surface area contributed by atoms with Gasteiger partial charge in [-0.3, -0.25) is 0 Å². The Labute approximate surface area is 87.2 Å². The molecule has 0 heterocycles. The van der Waals surface area contributed by atoms with Crippen molar-refractivity contribution in [2.45, 2.75) is 70.6 Å². The molecule has 0 atom stereocenters. The molecule has 0 aromatic rings. The minimum atomic E-state index is -0.814. The van der Waals surface area contributed by atoms with E-state index in [-0.39, 0.29) is 0 Å². The maximum absolute atomic E-state index is 2.58. The van der Waals surface area contributed by atoms with E-state index < -0.39 is 16.1 Å². The van der Waals surface area contributed by atoms with Crippen LogP contribution in [0.5, 0.6) is 0 Å². The van der Waals surface area contributed by atoms with Crippen LogP contribution in [0.3, 0.4) is 0 Å². The zero-order chi connectivity index (χ0) is 10.5. The molecule has 0 saturated heterocycles. The molecular formula is C11H28Si2. The average Bonchev–Trinajstić information content (AvgIpc) is 1.82. The topological polar surface area (TPSA) is 0 Å². The molecule has 0 rings (SSSR count). The Balaban J connectivity index is 4.07. The van der Waals surface area contributed by atoms with Crippen molar-refractivity contribution in [2.75, 3.05) is 0 Å². The number of rotatable bonds is 6. The predicted molar refractivity (Wildman–Crippen MR) is 70.0 cm³/mol. The predicted octanol–water partition coefficient (Wildman–Crippen LogP) is 4.76. The summed E-state index contributed by atoms with van der Waals surface area (Å²) in [5, 5.41) is 0. The lowest BCUT2D eigenvalue weighted by atomic mass is 10.6. The Kier molecular flexibility index (Phi) is 5.53. The van der Waals surface area contributed by atoms with Crippen molar-refractivity contribution < 1.29 is 0 Å². The van der Waals surface area contributed by atoms with Crippen molar-refractivity contribution in [1.82, 2.24) is 0 Å². The molecule has 2 heteroatoms. The zero-order valence-corrected chi connectivity index (χ0v) is 12.5. The Morgan fingerprint density at radius 3 is 1.23 bits per heavy atom. The van der Waals surface area contributed by atoms with Gasteiger partial charge in [0.05, 0.1) is 0 Å². The highest BCUT2D eigenvalue weighted by Crippen LogP contribution is 2.27. The summed E-state index contributed by atoms with van der Waals surface area (Å²) in [6, 6.07) is 3.07. The second kappa shape index (κ2) is 5.35. The summed E-state index contributed by atoms with van der Waals surface area (Å²) in [6.07, 6.45) is 2.80. The lowest BCUT2D eigenvalue weighted by molar-refractivity contribution is 1.02. The quantitative estimate of drug-likeness (QED) is 0.562. The highest BCUT2D eigenvalue weighted by molar-refractivity contribution is 6.95. The first-order chi connectivity index (χ1) is 5.83. The van der Waals surface area contributed by atoms with Gasteiger partial charge in [0.25, 0.3) is 0 Å². The van der Waals surface area contributed by atoms with E-state index in [9.17, 15) is 0 Å². The molecule has 0 saturated carbocycles. The zero-order valence-electron chi connectivity index (χ0n) is 10.5. The fraction of sp³-hybridized carbons (Fsp3) is 1.00. The maximum Gasteiger partial charge on any atom is 0.0447 e. The van der Waals surface area contributed by atoms with E-state index in [2.05, 4.69) is 40.0 Å². The summed E-state index contributed by atoms with van der Waals surface area (Å²) in [5.41, 5.74) is 1.64. The van der Waals surface area contributed by atoms with Crippen LogP contribution in [0.25, 0.3) is 0 Å². The summed E-state index contributed by atoms with van der Waals surface area (Å²) in [6.45, 7) is 15.0. The number of hydrogen-bond donors (Lipinski definition) is 0. The van der Waals surface area contributed by atoms with Crippen LogP contribution in [-0.2, 0) is 0 Å². The van der Waals surface area contributed by atoms with Crippen molar-refractivity contribution in [2.24, 2.45) is 0 Å². The summed E-state index contributed by atoms with van der Waals surface area (Å²) in [5.74, 6) is 0. The molecule has 0 amide bonds. The first-order valence-corrected chi connectivity index (χ1v) is 12.7. The first-order valence-electron chi connectivity index (χ1n) is 5.83. The van der Waals surface area contributed by atoms with E-state index in [1.807, 2.05) is 0 Å². The summed E-state index contributed by atoms with van der Waals surface area (Å²) < 4.78 is 0. The normalized spacial score (nSPS) is 13.4. The molecule has 0 aromatic carbocycles. The van der Waals surface area contributed by atoms with Crippen molar-refractivity contribution in [3.05, 3.63) is 0 Å². The van der Waals surface area contributed by atoms with E-state index >= 15 is 0 Å². The molecule has 0 aliphatic carbocycles. The fourth-order valence-corrected chi connectivity index (χ4v) is 17.3. The molecule has 0 aliphatic heterocycles. The van der Waals surface area contributed by atoms with E-state index in [0.29, 0.717) is 0 Å². The summed E-state index contributed by atoms with van der Waals surface area (Å²) in [7, 11) is -1.63. The average molecular weight is 217 g/mol. The van der Waals surface area contributed by atoms with Gasteiger partial charge in [-0.2, -0.15) is 0 Å². The third kappa shape index (κ3) is 6.50. The molecule has 0 unspecified atom stereocenters. The van der Waals surface area contributed by atoms with Gasteiger partial charge in [0.15, 0.2) is 0 Å². The monoisotopic (exact) mass is 216 g/mol. The fourth-order valence-electron chi connectivity index (χ4n) is 2.83. The second-order valence-electron chi connectivity index (χ2n) is 6.01. The summed E-state index contributed by atoms with van der Waals surface area (Å²) in [4.78, 5) is 0. The van der Waals surface area contributed by atoms with Crippen molar-refractivity contribution in [3.8, 4) is 0 Å². The van der Waals surface area contributed by atoms with Crippen molar-refractivity contribution in [1.29, 1.82) is 0 Å². The van der Waals surface area contributed by atoms with Crippen molar-refractivity contribution in [3.63, 3.8) is 0 Å². The van der Waals surface area contributed by atoms with Crippen molar-refractivity contribution >= 4 is 16.1 Å². The molecule has 13 heavy (non-hydrogen) atoms. The minimum Gasteiger partial charge on any atom is -0.0696 e. The van der Waals surface area contributed by atoms with Gasteiger partial charge in [-0.1, -0.05) is 70.6 Å². The molecule has 0 N–H and O–H groups in total. The largest absolute Gasteiger partial charge is 0.0696 e. The van der Waals surface area contributed by atoms with Crippen LogP contribution in [0.1, 0.15) is 26.7 Å². The molecule has 0 aromatic heterocycles. The molecule has 80 valence electrons. The van der Waals surface area contributed by atoms with Crippen LogP contribution >= 0.6 is 0 Å². The van der Waals surface area contributed by atoms with Gasteiger partial charge in [-0.25, -0.2) is 0 Å². The van der Waals surface area contributed by atoms with Crippen LogP contribution in [-0.4, -0.2) is 16.1 Å². The Hall–Kier alpha value is 0.434. The lowest BCUT2D eigenvalue weighted by Gasteiger charge is -2.32. The molecule has 0 bridgehead atoms. The maximum atomic E-state index is 2.58. The molecular weight excluding hydrogens is 188 g/mol. The molecule has 0 spiro atoms. The van der Waals surface area contributed by atoms with Crippen LogP contribution < -0.4 is 0 Å². The third-order valence-electron chi connectivity index (χ3n) is 2.81. The molecule has 0 radical (unpaired) electrons. The molecule has 0 nitrogen and oxygen atoms in total. The SMILES string of the molecule is CCC[Si](C)(C)C[Si](C)(C)CCC. The van der Waals surface area contributed by atoms with E-state index in [1.54, 1.807) is 5.67 Å². The minimum absolute atomic E-state index is 0.814. The van der Waals surface area contributed by atoms with E-state index in [4.69, 9.17) is 0 Å². The Bertz CT molecular complexity index is 123. The summed E-state index contributed by atoms with van der Waals surface area (Å²) >= 11 is 0. The molecule has 0 aliphatic rings. The van der Waals surface area contributed by atoms with Gasteiger partial charge in [-0.15, -0.1) is 0 Å². The lowest BCUT2D eigenvalue weighted by Crippen LogP contribution is -2.39. The second-order valence-corrected chi connectivity index (χ2v) is 17.1. The smallest absolute Gasteiger partial charge is 0.0447 e. The first kappa shape index (κ1) is 13.4. The standard InChI is InChI=1S/C11H28Si2/c1-7-9-12(3,4)11-13(5,6)10-8-2/h7-11H2,1-6H3. The van der Waals surface area contributed by atoms with Gasteiger partial charge < -0.3 is 0 Å². The Morgan fingerprint density at radius 2 is 1.00 bits per heavy atom. The van der Waals surface area contributed by atoms with Crippen LogP contribution in [0.15, 0.2) is 0 Å². The van der Waals surface area contributed by atoms with Gasteiger partial charge in [-0.05, 0) is 0 Å². The van der Waals surface area contributed by atoms with E-state index in [1.165, 1.54) is 24.9 Å². The van der Waals surface area contributed by atoms with Gasteiger partial charge in [0, 0.05) is 16.1 Å². The molecule has 0 fully saturated rings. The van der Waals surface area contributed by atoms with Crippen LogP contribution in [0.4, 0.5) is 0 Å². The van der Waals surface area contributed by atoms with Crippen LogP contribution in [0.2, 0.25) is 43.9 Å². The van der Waals surface area contributed by atoms with E-state index in [0.717, 1.165) is 0 Å². The highest BCUT2D eigenvalue weighted by atomic mass is 28.4. The highest BCUT2D eigenvalue weighted by Gasteiger charge is 2.30. The van der Waals surface area contributed by atoms with Gasteiger partial charge >= 0.3 is 0 Å².